The van der Waals surface area contributed by atoms with Crippen molar-refractivity contribution in [3.8, 4) is 0 Å². The Hall–Kier alpha value is -0.920. The molecule has 0 saturated heterocycles. The molecule has 0 amide bonds. The van der Waals surface area contributed by atoms with Gasteiger partial charge in [0.05, 0.1) is 6.20 Å². The number of hydrogen-bond donors (Lipinski definition) is 2. The fourth-order valence-corrected chi connectivity index (χ4v) is 2.91. The van der Waals surface area contributed by atoms with Gasteiger partial charge in [-0.25, -0.2) is 8.42 Å². The van der Waals surface area contributed by atoms with E-state index < -0.39 is 10.0 Å². The van der Waals surface area contributed by atoms with E-state index in [9.17, 15) is 8.42 Å². The van der Waals surface area contributed by atoms with Gasteiger partial charge >= 0.3 is 0 Å². The Balaban J connectivity index is 2.84. The van der Waals surface area contributed by atoms with Crippen molar-refractivity contribution < 1.29 is 8.42 Å². The number of nitrogens with zero attached hydrogens (tertiary/aromatic N) is 2. The third-order valence-electron chi connectivity index (χ3n) is 2.93. The average Bonchev–Trinajstić information content (AvgIpc) is 2.82. The Labute approximate surface area is 115 Å². The van der Waals surface area contributed by atoms with E-state index in [0.717, 1.165) is 13.0 Å². The van der Waals surface area contributed by atoms with E-state index in [-0.39, 0.29) is 5.03 Å². The lowest BCUT2D eigenvalue weighted by atomic mass is 10.1. The Kier molecular flexibility index (Phi) is 5.96. The Bertz CT molecular complexity index is 482. The maximum Gasteiger partial charge on any atom is 0.260 e. The number of nitrogens with one attached hydrogen (secondary N) is 2. The van der Waals surface area contributed by atoms with Crippen molar-refractivity contribution in [3.05, 3.63) is 11.8 Å². The van der Waals surface area contributed by atoms with Crippen LogP contribution >= 0.6 is 0 Å². The van der Waals surface area contributed by atoms with Crippen LogP contribution in [0.3, 0.4) is 0 Å². The average molecular weight is 288 g/mol. The number of aromatic nitrogens is 2. The van der Waals surface area contributed by atoms with Crippen molar-refractivity contribution in [2.45, 2.75) is 38.8 Å². The van der Waals surface area contributed by atoms with Crippen molar-refractivity contribution >= 4 is 10.0 Å². The van der Waals surface area contributed by atoms with Crippen molar-refractivity contribution in [2.75, 3.05) is 20.1 Å². The molecule has 6 nitrogen and oxygen atoms in total. The second-order valence-electron chi connectivity index (χ2n) is 5.01. The zero-order valence-electron chi connectivity index (χ0n) is 12.1. The van der Waals surface area contributed by atoms with Crippen molar-refractivity contribution in [1.29, 1.82) is 0 Å². The first-order chi connectivity index (χ1) is 8.89. The second-order valence-corrected chi connectivity index (χ2v) is 7.00. The predicted molar refractivity (Wildman–Crippen MR) is 75.2 cm³/mol. The fourth-order valence-electron chi connectivity index (χ4n) is 1.62. The van der Waals surface area contributed by atoms with Gasteiger partial charge in [-0.05, 0) is 18.9 Å². The highest BCUT2D eigenvalue weighted by molar-refractivity contribution is 7.89. The number of rotatable bonds is 8. The van der Waals surface area contributed by atoms with Gasteiger partial charge in [-0.2, -0.15) is 9.40 Å². The molecule has 2 N–H and O–H groups in total. The molecule has 110 valence electrons. The smallest absolute Gasteiger partial charge is 0.260 e. The third-order valence-corrected chi connectivity index (χ3v) is 4.81. The zero-order chi connectivity index (χ0) is 14.5. The molecule has 1 aromatic heterocycles. The Morgan fingerprint density at radius 2 is 2.16 bits per heavy atom. The predicted octanol–water partition coefficient (Wildman–Crippen LogP) is 1.19. The van der Waals surface area contributed by atoms with E-state index in [1.165, 1.54) is 4.31 Å². The SMILES string of the molecule is CCNCc1cn[nH]c1S(=O)(=O)N(C)CCC(C)C. The molecule has 0 saturated carbocycles. The van der Waals surface area contributed by atoms with Crippen LogP contribution in [-0.4, -0.2) is 43.1 Å². The van der Waals surface area contributed by atoms with Crippen LogP contribution < -0.4 is 5.32 Å². The van der Waals surface area contributed by atoms with Crippen LogP contribution in [0, 0.1) is 5.92 Å². The van der Waals surface area contributed by atoms with Gasteiger partial charge in [0.1, 0.15) is 0 Å². The Morgan fingerprint density at radius 1 is 1.47 bits per heavy atom. The van der Waals surface area contributed by atoms with Gasteiger partial charge in [-0.15, -0.1) is 0 Å². The highest BCUT2D eigenvalue weighted by atomic mass is 32.2. The van der Waals surface area contributed by atoms with E-state index >= 15 is 0 Å². The molecule has 7 heteroatoms. The van der Waals surface area contributed by atoms with E-state index in [1.54, 1.807) is 13.2 Å². The molecule has 0 spiro atoms. The minimum atomic E-state index is -3.48. The van der Waals surface area contributed by atoms with Gasteiger partial charge in [-0.1, -0.05) is 20.8 Å². The lowest BCUT2D eigenvalue weighted by molar-refractivity contribution is 0.425. The number of aromatic amines is 1. The lowest BCUT2D eigenvalue weighted by Gasteiger charge is -2.18. The van der Waals surface area contributed by atoms with Crippen LogP contribution in [-0.2, 0) is 16.6 Å². The minimum absolute atomic E-state index is 0.194. The first kappa shape index (κ1) is 16.1. The monoisotopic (exact) mass is 288 g/mol. The molecule has 19 heavy (non-hydrogen) atoms. The van der Waals surface area contributed by atoms with E-state index in [4.69, 9.17) is 0 Å². The summed E-state index contributed by atoms with van der Waals surface area (Å²) in [6.07, 6.45) is 2.40. The number of sulfonamides is 1. The van der Waals surface area contributed by atoms with Gasteiger partial charge in [-0.3, -0.25) is 5.10 Å². The van der Waals surface area contributed by atoms with Gasteiger partial charge in [0.2, 0.25) is 0 Å². The molecule has 0 atom stereocenters. The van der Waals surface area contributed by atoms with Crippen molar-refractivity contribution in [3.63, 3.8) is 0 Å². The topological polar surface area (TPSA) is 78.1 Å². The van der Waals surface area contributed by atoms with E-state index in [2.05, 4.69) is 29.4 Å². The normalized spacial score (nSPS) is 12.5. The zero-order valence-corrected chi connectivity index (χ0v) is 12.9. The molecule has 1 rings (SSSR count). The molecule has 1 aromatic rings. The maximum atomic E-state index is 12.4. The summed E-state index contributed by atoms with van der Waals surface area (Å²) in [4.78, 5) is 0. The number of H-pyrrole nitrogens is 1. The molecule has 0 aromatic carbocycles. The molecule has 0 fully saturated rings. The third kappa shape index (κ3) is 4.29. The molecule has 0 aliphatic heterocycles. The van der Waals surface area contributed by atoms with E-state index in [1.807, 2.05) is 6.92 Å². The lowest BCUT2D eigenvalue weighted by Crippen LogP contribution is -2.30. The molecule has 0 bridgehead atoms. The molecule has 0 aliphatic rings. The van der Waals surface area contributed by atoms with Crippen molar-refractivity contribution in [1.82, 2.24) is 19.8 Å². The summed E-state index contributed by atoms with van der Waals surface area (Å²) in [5.74, 6) is 0.473. The molecule has 1 heterocycles. The summed E-state index contributed by atoms with van der Waals surface area (Å²) < 4.78 is 26.2. The highest BCUT2D eigenvalue weighted by Crippen LogP contribution is 2.17. The van der Waals surface area contributed by atoms with Crippen LogP contribution in [0.4, 0.5) is 0 Å². The molecular weight excluding hydrogens is 264 g/mol. The second kappa shape index (κ2) is 7.02. The van der Waals surface area contributed by atoms with Gasteiger partial charge in [0.25, 0.3) is 10.0 Å². The summed E-state index contributed by atoms with van der Waals surface area (Å²) in [6, 6.07) is 0. The van der Waals surface area contributed by atoms with E-state index in [0.29, 0.717) is 24.6 Å². The largest absolute Gasteiger partial charge is 0.313 e. The summed E-state index contributed by atoms with van der Waals surface area (Å²) in [6.45, 7) is 7.93. The van der Waals surface area contributed by atoms with Gasteiger partial charge in [0.15, 0.2) is 5.03 Å². The Morgan fingerprint density at radius 3 is 2.74 bits per heavy atom. The van der Waals surface area contributed by atoms with Crippen LogP contribution in [0.15, 0.2) is 11.2 Å². The molecule has 0 aliphatic carbocycles. The summed E-state index contributed by atoms with van der Waals surface area (Å²) >= 11 is 0. The first-order valence-corrected chi connectivity index (χ1v) is 8.02. The van der Waals surface area contributed by atoms with Crippen LogP contribution in [0.2, 0.25) is 0 Å². The molecule has 0 unspecified atom stereocenters. The van der Waals surface area contributed by atoms with Gasteiger partial charge in [0, 0.05) is 25.7 Å². The standard InChI is InChI=1S/C12H24N4O2S/c1-5-13-8-11-9-14-15-12(11)19(17,18)16(4)7-6-10(2)3/h9-10,13H,5-8H2,1-4H3,(H,14,15). The van der Waals surface area contributed by atoms with Gasteiger partial charge < -0.3 is 5.32 Å². The first-order valence-electron chi connectivity index (χ1n) is 6.58. The fraction of sp³-hybridized carbons (Fsp3) is 0.750. The van der Waals surface area contributed by atoms with Crippen LogP contribution in [0.1, 0.15) is 32.8 Å². The van der Waals surface area contributed by atoms with Crippen LogP contribution in [0.5, 0.6) is 0 Å². The maximum absolute atomic E-state index is 12.4. The summed E-state index contributed by atoms with van der Waals surface area (Å²) in [5.41, 5.74) is 0.679. The summed E-state index contributed by atoms with van der Waals surface area (Å²) in [7, 11) is -1.87. The van der Waals surface area contributed by atoms with Crippen molar-refractivity contribution in [2.24, 2.45) is 5.92 Å². The quantitative estimate of drug-likeness (QED) is 0.753. The minimum Gasteiger partial charge on any atom is -0.313 e. The molecule has 0 radical (unpaired) electrons. The van der Waals surface area contributed by atoms with Crippen LogP contribution in [0.25, 0.3) is 0 Å². The summed E-state index contributed by atoms with van der Waals surface area (Å²) in [5, 5.41) is 9.76. The highest BCUT2D eigenvalue weighted by Gasteiger charge is 2.25. The molecular formula is C12H24N4O2S. The number of hydrogen-bond acceptors (Lipinski definition) is 4.